The van der Waals surface area contributed by atoms with Crippen LogP contribution in [0, 0.1) is 5.82 Å². The first-order valence-electron chi connectivity index (χ1n) is 7.65. The van der Waals surface area contributed by atoms with Crippen molar-refractivity contribution in [3.8, 4) is 11.5 Å². The topological polar surface area (TPSA) is 38.8 Å². The van der Waals surface area contributed by atoms with Crippen molar-refractivity contribution in [1.29, 1.82) is 0 Å². The van der Waals surface area contributed by atoms with E-state index in [1.54, 1.807) is 31.3 Å². The van der Waals surface area contributed by atoms with E-state index < -0.39 is 5.82 Å². The Balaban J connectivity index is 2.15. The molecule has 0 aliphatic carbocycles. The van der Waals surface area contributed by atoms with Gasteiger partial charge in [0.2, 0.25) is 5.91 Å². The molecular weight excluding hydrogens is 380 g/mol. The molecule has 0 saturated heterocycles. The number of ether oxygens (including phenoxy) is 2. The Labute approximate surface area is 161 Å². The van der Waals surface area contributed by atoms with Crippen LogP contribution >= 0.6 is 23.2 Å². The van der Waals surface area contributed by atoms with Crippen molar-refractivity contribution < 1.29 is 18.7 Å². The van der Waals surface area contributed by atoms with E-state index in [0.717, 1.165) is 0 Å². The largest absolute Gasteiger partial charge is 0.493 e. The maximum atomic E-state index is 13.8. The predicted octanol–water partition coefficient (Wildman–Crippen LogP) is 4.82. The van der Waals surface area contributed by atoms with Gasteiger partial charge in [-0.2, -0.15) is 0 Å². The lowest BCUT2D eigenvalue weighted by Gasteiger charge is -2.16. The number of hydrogen-bond donors (Lipinski definition) is 0. The van der Waals surface area contributed by atoms with Crippen LogP contribution in [0.4, 0.5) is 4.39 Å². The second kappa shape index (κ2) is 8.92. The van der Waals surface area contributed by atoms with E-state index in [1.165, 1.54) is 37.3 Å². The Bertz CT molecular complexity index is 820. The summed E-state index contributed by atoms with van der Waals surface area (Å²) in [6, 6.07) is 7.76. The molecule has 4 nitrogen and oxygen atoms in total. The molecular formula is C19H18Cl2FNO3. The Kier molecular flexibility index (Phi) is 6.89. The van der Waals surface area contributed by atoms with Crippen molar-refractivity contribution in [3.05, 3.63) is 63.4 Å². The highest BCUT2D eigenvalue weighted by Gasteiger charge is 2.13. The Morgan fingerprint density at radius 2 is 1.92 bits per heavy atom. The smallest absolute Gasteiger partial charge is 0.246 e. The minimum Gasteiger partial charge on any atom is -0.493 e. The van der Waals surface area contributed by atoms with Gasteiger partial charge in [0.1, 0.15) is 5.82 Å². The summed E-state index contributed by atoms with van der Waals surface area (Å²) in [5.41, 5.74) is 0.936. The molecule has 0 aliphatic heterocycles. The van der Waals surface area contributed by atoms with Crippen LogP contribution < -0.4 is 9.47 Å². The number of nitrogens with zero attached hydrogens (tertiary/aromatic N) is 1. The summed E-state index contributed by atoms with van der Waals surface area (Å²) in [6.45, 7) is 0.0569. The molecule has 0 fully saturated rings. The summed E-state index contributed by atoms with van der Waals surface area (Å²) < 4.78 is 24.2. The zero-order chi connectivity index (χ0) is 19.3. The third kappa shape index (κ3) is 4.68. The van der Waals surface area contributed by atoms with Gasteiger partial charge >= 0.3 is 0 Å². The van der Waals surface area contributed by atoms with Gasteiger partial charge in [-0.05, 0) is 35.9 Å². The van der Waals surface area contributed by atoms with Crippen LogP contribution in [0.3, 0.4) is 0 Å². The molecule has 2 rings (SSSR count). The van der Waals surface area contributed by atoms with Crippen molar-refractivity contribution >= 4 is 35.2 Å². The van der Waals surface area contributed by atoms with Crippen molar-refractivity contribution in [1.82, 2.24) is 4.90 Å². The molecule has 0 radical (unpaired) electrons. The van der Waals surface area contributed by atoms with Crippen LogP contribution in [-0.2, 0) is 11.3 Å². The minimum absolute atomic E-state index is 0.0569. The van der Waals surface area contributed by atoms with Crippen molar-refractivity contribution in [2.45, 2.75) is 6.54 Å². The summed E-state index contributed by atoms with van der Waals surface area (Å²) in [5.74, 6) is 0.116. The molecule has 2 aromatic carbocycles. The normalized spacial score (nSPS) is 10.8. The fourth-order valence-electron chi connectivity index (χ4n) is 2.33. The summed E-state index contributed by atoms with van der Waals surface area (Å²) in [5, 5.41) is 0.644. The number of carbonyl (C=O) groups is 1. The summed E-state index contributed by atoms with van der Waals surface area (Å²) in [6.07, 6.45) is 2.96. The molecule has 1 amide bonds. The number of methoxy groups -OCH3 is 2. The standard InChI is InChI=1S/C19H18Cl2FNO3/c1-23(11-13-14(20)5-4-6-16(13)22)18(24)8-7-12-9-15(21)19(26-3)17(10-12)25-2/h4-10H,11H2,1-3H3/b8-7+. The fraction of sp³-hybridized carbons (Fsp3) is 0.211. The first kappa shape index (κ1) is 20.1. The lowest BCUT2D eigenvalue weighted by Crippen LogP contribution is -2.24. The average molecular weight is 398 g/mol. The molecule has 2 aromatic rings. The summed E-state index contributed by atoms with van der Waals surface area (Å²) >= 11 is 12.1. The van der Waals surface area contributed by atoms with Gasteiger partial charge in [0.15, 0.2) is 11.5 Å². The average Bonchev–Trinajstić information content (AvgIpc) is 2.62. The lowest BCUT2D eigenvalue weighted by molar-refractivity contribution is -0.125. The van der Waals surface area contributed by atoms with Gasteiger partial charge in [-0.3, -0.25) is 4.79 Å². The third-order valence-electron chi connectivity index (χ3n) is 3.71. The summed E-state index contributed by atoms with van der Waals surface area (Å²) in [4.78, 5) is 13.7. The monoisotopic (exact) mass is 397 g/mol. The van der Waals surface area contributed by atoms with Crippen LogP contribution in [0.15, 0.2) is 36.4 Å². The minimum atomic E-state index is -0.451. The van der Waals surface area contributed by atoms with Gasteiger partial charge < -0.3 is 14.4 Å². The highest BCUT2D eigenvalue weighted by atomic mass is 35.5. The zero-order valence-corrected chi connectivity index (χ0v) is 16.1. The fourth-order valence-corrected chi connectivity index (χ4v) is 2.85. The van der Waals surface area contributed by atoms with Crippen LogP contribution in [0.2, 0.25) is 10.0 Å². The molecule has 0 spiro atoms. The van der Waals surface area contributed by atoms with Gasteiger partial charge in [-0.15, -0.1) is 0 Å². The van der Waals surface area contributed by atoms with E-state index in [2.05, 4.69) is 0 Å². The number of benzene rings is 2. The highest BCUT2D eigenvalue weighted by Crippen LogP contribution is 2.36. The van der Waals surface area contributed by atoms with E-state index in [9.17, 15) is 9.18 Å². The number of carbonyl (C=O) groups excluding carboxylic acids is 1. The molecule has 0 aliphatic rings. The molecule has 7 heteroatoms. The van der Waals surface area contributed by atoms with E-state index in [0.29, 0.717) is 22.1 Å². The highest BCUT2D eigenvalue weighted by molar-refractivity contribution is 6.32. The van der Waals surface area contributed by atoms with E-state index >= 15 is 0 Å². The SMILES string of the molecule is COc1cc(/C=C/C(=O)N(C)Cc2c(F)cccc2Cl)cc(Cl)c1OC. The molecule has 0 saturated carbocycles. The van der Waals surface area contributed by atoms with Crippen LogP contribution in [0.1, 0.15) is 11.1 Å². The Hall–Kier alpha value is -2.24. The molecule has 0 bridgehead atoms. The zero-order valence-electron chi connectivity index (χ0n) is 14.6. The molecule has 0 N–H and O–H groups in total. The molecule has 138 valence electrons. The van der Waals surface area contributed by atoms with Crippen LogP contribution in [0.5, 0.6) is 11.5 Å². The van der Waals surface area contributed by atoms with Crippen molar-refractivity contribution in [3.63, 3.8) is 0 Å². The van der Waals surface area contributed by atoms with Crippen molar-refractivity contribution in [2.75, 3.05) is 21.3 Å². The maximum Gasteiger partial charge on any atom is 0.246 e. The van der Waals surface area contributed by atoms with Crippen LogP contribution in [-0.4, -0.2) is 32.1 Å². The molecule has 0 unspecified atom stereocenters. The van der Waals surface area contributed by atoms with E-state index in [1.807, 2.05) is 0 Å². The predicted molar refractivity (Wildman–Crippen MR) is 101 cm³/mol. The van der Waals surface area contributed by atoms with Gasteiger partial charge in [0.05, 0.1) is 19.2 Å². The number of hydrogen-bond acceptors (Lipinski definition) is 3. The van der Waals surface area contributed by atoms with Gasteiger partial charge in [-0.1, -0.05) is 29.3 Å². The first-order chi connectivity index (χ1) is 12.4. The quantitative estimate of drug-likeness (QED) is 0.655. The second-order valence-electron chi connectivity index (χ2n) is 5.47. The molecule has 0 atom stereocenters. The number of rotatable bonds is 6. The second-order valence-corrected chi connectivity index (χ2v) is 6.28. The van der Waals surface area contributed by atoms with Gasteiger partial charge in [-0.25, -0.2) is 4.39 Å². The third-order valence-corrected chi connectivity index (χ3v) is 4.34. The first-order valence-corrected chi connectivity index (χ1v) is 8.40. The molecule has 0 heterocycles. The maximum absolute atomic E-state index is 13.8. The Morgan fingerprint density at radius 3 is 2.54 bits per heavy atom. The Morgan fingerprint density at radius 1 is 1.19 bits per heavy atom. The number of likely N-dealkylation sites (N-methyl/N-ethyl adjacent to an activating group) is 1. The van der Waals surface area contributed by atoms with Gasteiger partial charge in [0.25, 0.3) is 0 Å². The van der Waals surface area contributed by atoms with Crippen molar-refractivity contribution in [2.24, 2.45) is 0 Å². The van der Waals surface area contributed by atoms with Crippen LogP contribution in [0.25, 0.3) is 6.08 Å². The number of amides is 1. The number of halogens is 3. The van der Waals surface area contributed by atoms with E-state index in [4.69, 9.17) is 32.7 Å². The molecule has 0 aromatic heterocycles. The summed E-state index contributed by atoms with van der Waals surface area (Å²) in [7, 11) is 4.56. The lowest BCUT2D eigenvalue weighted by atomic mass is 10.1. The van der Waals surface area contributed by atoms with Gasteiger partial charge in [0, 0.05) is 30.3 Å². The molecule has 26 heavy (non-hydrogen) atoms. The van der Waals surface area contributed by atoms with E-state index in [-0.39, 0.29) is 23.0 Å².